The lowest BCUT2D eigenvalue weighted by molar-refractivity contribution is -0.0811. The van der Waals surface area contributed by atoms with Crippen molar-refractivity contribution in [2.24, 2.45) is 0 Å². The highest BCUT2D eigenvalue weighted by Crippen LogP contribution is 2.45. The van der Waals surface area contributed by atoms with Gasteiger partial charge < -0.3 is 18.7 Å². The summed E-state index contributed by atoms with van der Waals surface area (Å²) >= 11 is 0. The largest absolute Gasteiger partial charge is 0.489 e. The first kappa shape index (κ1) is 28.1. The van der Waals surface area contributed by atoms with Gasteiger partial charge in [-0.3, -0.25) is 4.79 Å². The Morgan fingerprint density at radius 2 is 1.49 bits per heavy atom. The van der Waals surface area contributed by atoms with E-state index >= 15 is 0 Å². The second-order valence-electron chi connectivity index (χ2n) is 13.0. The van der Waals surface area contributed by atoms with Crippen molar-refractivity contribution in [1.82, 2.24) is 0 Å². The van der Waals surface area contributed by atoms with Crippen LogP contribution in [0, 0.1) is 0 Å². The summed E-state index contributed by atoms with van der Waals surface area (Å²) in [6, 6.07) is 7.16. The van der Waals surface area contributed by atoms with Gasteiger partial charge >= 0.3 is 0 Å². The monoisotopic (exact) mass is 516 g/mol. The van der Waals surface area contributed by atoms with Crippen molar-refractivity contribution in [3.63, 3.8) is 0 Å². The van der Waals surface area contributed by atoms with Crippen LogP contribution in [0.15, 0.2) is 48.3 Å². The molecule has 1 aliphatic heterocycles. The standard InChI is InChI=1S/C28H44O5Si2/c1-19-25(33-35(10,11)27(5,6)7)23(32-34(8,9)26(2,3)4)18-24(31-19)28(30)17-16-22(29)20-14-12-13-15-21(20)28/h12-19,23,25,30H,1-11H3/t19-,23-,25-,28?/m0/s1. The van der Waals surface area contributed by atoms with E-state index in [1.807, 2.05) is 25.1 Å². The number of benzene rings is 1. The number of fused-ring (bicyclic) bond motifs is 1. The highest BCUT2D eigenvalue weighted by Gasteiger charge is 2.50. The molecule has 0 spiro atoms. The molecule has 0 saturated carbocycles. The summed E-state index contributed by atoms with van der Waals surface area (Å²) in [5, 5.41) is 11.9. The van der Waals surface area contributed by atoms with E-state index < -0.39 is 22.2 Å². The molecular formula is C28H44O5Si2. The molecule has 2 aliphatic rings. The minimum absolute atomic E-state index is 0.00469. The number of ketones is 1. The SMILES string of the molecule is C[C@@H]1OC(C2(O)C=CC(=O)c3ccccc32)=C[C@H](O[Si](C)(C)C(C)(C)C)[C@H]1O[Si](C)(C)C(C)(C)C. The van der Waals surface area contributed by atoms with E-state index in [1.165, 1.54) is 12.2 Å². The summed E-state index contributed by atoms with van der Waals surface area (Å²) in [6.45, 7) is 24.2. The predicted molar refractivity (Wildman–Crippen MR) is 147 cm³/mol. The molecule has 0 saturated heterocycles. The highest BCUT2D eigenvalue weighted by molar-refractivity contribution is 6.74. The summed E-state index contributed by atoms with van der Waals surface area (Å²) in [5.74, 6) is 0.267. The summed E-state index contributed by atoms with van der Waals surface area (Å²) in [7, 11) is -4.33. The molecule has 1 aromatic carbocycles. The minimum Gasteiger partial charge on any atom is -0.489 e. The van der Waals surface area contributed by atoms with Gasteiger partial charge in [0.25, 0.3) is 0 Å². The minimum atomic E-state index is -2.19. The molecule has 1 N–H and O–H groups in total. The number of ether oxygens (including phenoxy) is 1. The fourth-order valence-electron chi connectivity index (χ4n) is 3.95. The van der Waals surface area contributed by atoms with Crippen molar-refractivity contribution < 1.29 is 23.5 Å². The molecule has 3 rings (SSSR count). The van der Waals surface area contributed by atoms with Crippen LogP contribution in [-0.2, 0) is 19.2 Å². The number of hydrogen-bond acceptors (Lipinski definition) is 5. The molecule has 35 heavy (non-hydrogen) atoms. The fourth-order valence-corrected chi connectivity index (χ4v) is 6.55. The summed E-state index contributed by atoms with van der Waals surface area (Å²) in [4.78, 5) is 12.5. The third-order valence-corrected chi connectivity index (χ3v) is 17.3. The van der Waals surface area contributed by atoms with Crippen LogP contribution >= 0.6 is 0 Å². The Kier molecular flexibility index (Phi) is 7.30. The Labute approximate surface area is 213 Å². The first-order chi connectivity index (χ1) is 15.8. The van der Waals surface area contributed by atoms with E-state index in [2.05, 4.69) is 67.7 Å². The number of carbonyl (C=O) groups is 1. The summed E-state index contributed by atoms with van der Waals surface area (Å²) in [5.41, 5.74) is -0.535. The molecule has 5 nitrogen and oxygen atoms in total. The van der Waals surface area contributed by atoms with Crippen LogP contribution in [0.5, 0.6) is 0 Å². The fraction of sp³-hybridized carbons (Fsp3) is 0.607. The lowest BCUT2D eigenvalue weighted by Gasteiger charge is -2.48. The Hall–Kier alpha value is -1.52. The molecule has 1 unspecified atom stereocenters. The molecule has 0 bridgehead atoms. The first-order valence-corrected chi connectivity index (χ1v) is 18.4. The first-order valence-electron chi connectivity index (χ1n) is 12.6. The zero-order chi connectivity index (χ0) is 26.6. The van der Waals surface area contributed by atoms with Crippen LogP contribution in [-0.4, -0.2) is 45.8 Å². The molecular weight excluding hydrogens is 472 g/mol. The zero-order valence-electron chi connectivity index (χ0n) is 23.4. The lowest BCUT2D eigenvalue weighted by atomic mass is 9.81. The number of rotatable bonds is 5. The smallest absolute Gasteiger partial charge is 0.193 e. The second kappa shape index (κ2) is 9.10. The van der Waals surface area contributed by atoms with Crippen molar-refractivity contribution in [2.45, 2.75) is 109 Å². The molecule has 1 aromatic rings. The Bertz CT molecular complexity index is 1030. The average Bonchev–Trinajstić information content (AvgIpc) is 2.71. The molecule has 7 heteroatoms. The summed E-state index contributed by atoms with van der Waals surface area (Å²) < 4.78 is 20.2. The van der Waals surface area contributed by atoms with Crippen LogP contribution in [0.3, 0.4) is 0 Å². The van der Waals surface area contributed by atoms with E-state index in [1.54, 1.807) is 12.1 Å². The van der Waals surface area contributed by atoms with Gasteiger partial charge in [-0.15, -0.1) is 0 Å². The topological polar surface area (TPSA) is 65.0 Å². The van der Waals surface area contributed by atoms with E-state index in [0.717, 1.165) is 0 Å². The zero-order valence-corrected chi connectivity index (χ0v) is 25.4. The molecule has 1 heterocycles. The van der Waals surface area contributed by atoms with Gasteiger partial charge in [0.05, 0.1) is 6.10 Å². The molecule has 0 aromatic heterocycles. The van der Waals surface area contributed by atoms with Gasteiger partial charge in [0, 0.05) is 11.1 Å². The van der Waals surface area contributed by atoms with Crippen molar-refractivity contribution in [3.05, 3.63) is 59.4 Å². The molecule has 0 amide bonds. The van der Waals surface area contributed by atoms with E-state index in [4.69, 9.17) is 13.6 Å². The number of allylic oxidation sites excluding steroid dienone is 1. The Morgan fingerprint density at radius 3 is 2.06 bits per heavy atom. The third kappa shape index (κ3) is 5.30. The molecule has 194 valence electrons. The van der Waals surface area contributed by atoms with Crippen molar-refractivity contribution in [1.29, 1.82) is 0 Å². The van der Waals surface area contributed by atoms with Gasteiger partial charge in [0.1, 0.15) is 18.0 Å². The Balaban J connectivity index is 2.11. The lowest BCUT2D eigenvalue weighted by Crippen LogP contribution is -2.57. The van der Waals surface area contributed by atoms with Crippen molar-refractivity contribution in [2.75, 3.05) is 0 Å². The third-order valence-electron chi connectivity index (χ3n) is 8.34. The maximum atomic E-state index is 12.5. The van der Waals surface area contributed by atoms with Gasteiger partial charge in [-0.1, -0.05) is 65.8 Å². The van der Waals surface area contributed by atoms with E-state index in [9.17, 15) is 9.90 Å². The maximum absolute atomic E-state index is 12.5. The van der Waals surface area contributed by atoms with Gasteiger partial charge in [-0.2, -0.15) is 0 Å². The molecule has 0 radical (unpaired) electrons. The van der Waals surface area contributed by atoms with Crippen LogP contribution in [0.2, 0.25) is 36.3 Å². The van der Waals surface area contributed by atoms with Crippen LogP contribution in [0.25, 0.3) is 0 Å². The van der Waals surface area contributed by atoms with Gasteiger partial charge in [-0.05, 0) is 61.4 Å². The van der Waals surface area contributed by atoms with Gasteiger partial charge in [0.15, 0.2) is 28.0 Å². The van der Waals surface area contributed by atoms with Crippen LogP contribution < -0.4 is 0 Å². The van der Waals surface area contributed by atoms with E-state index in [0.29, 0.717) is 16.9 Å². The predicted octanol–water partition coefficient (Wildman–Crippen LogP) is 6.71. The second-order valence-corrected chi connectivity index (χ2v) is 22.6. The molecule has 1 aliphatic carbocycles. The quantitative estimate of drug-likeness (QED) is 0.441. The number of carbonyl (C=O) groups excluding carboxylic acids is 1. The number of aliphatic hydroxyl groups is 1. The van der Waals surface area contributed by atoms with Gasteiger partial charge in [0.2, 0.25) is 0 Å². The highest BCUT2D eigenvalue weighted by atomic mass is 28.4. The maximum Gasteiger partial charge on any atom is 0.193 e. The summed E-state index contributed by atoms with van der Waals surface area (Å²) in [6.07, 6.45) is 3.83. The van der Waals surface area contributed by atoms with Crippen LogP contribution in [0.4, 0.5) is 0 Å². The van der Waals surface area contributed by atoms with E-state index in [-0.39, 0.29) is 34.2 Å². The van der Waals surface area contributed by atoms with Crippen molar-refractivity contribution in [3.8, 4) is 0 Å². The molecule has 0 fully saturated rings. The normalized spacial score (nSPS) is 27.8. The van der Waals surface area contributed by atoms with Gasteiger partial charge in [-0.25, -0.2) is 0 Å². The van der Waals surface area contributed by atoms with Crippen molar-refractivity contribution >= 4 is 22.4 Å². The molecule has 4 atom stereocenters. The average molecular weight is 517 g/mol. The number of hydrogen-bond donors (Lipinski definition) is 1. The van der Waals surface area contributed by atoms with Crippen LogP contribution in [0.1, 0.15) is 64.4 Å². The Morgan fingerprint density at radius 1 is 0.943 bits per heavy atom.